The van der Waals surface area contributed by atoms with Crippen LogP contribution in [0, 0.1) is 10.1 Å². The van der Waals surface area contributed by atoms with E-state index in [4.69, 9.17) is 11.6 Å². The van der Waals surface area contributed by atoms with Gasteiger partial charge in [0.2, 0.25) is 0 Å². The number of phenols is 2. The first-order chi connectivity index (χ1) is 9.47. The Labute approximate surface area is 118 Å². The Hall–Kier alpha value is -2.60. The van der Waals surface area contributed by atoms with E-state index in [1.807, 2.05) is 0 Å². The van der Waals surface area contributed by atoms with Crippen LogP contribution in [-0.2, 0) is 0 Å². The lowest BCUT2D eigenvalue weighted by Crippen LogP contribution is -1.90. The van der Waals surface area contributed by atoms with Crippen molar-refractivity contribution in [1.82, 2.24) is 0 Å². The van der Waals surface area contributed by atoms with E-state index in [1.165, 1.54) is 36.5 Å². The van der Waals surface area contributed by atoms with Gasteiger partial charge in [-0.3, -0.25) is 15.1 Å². The number of phenolic OH excluding ortho intramolecular Hbond substituents is 2. The molecule has 102 valence electrons. The number of nitro benzene ring substituents is 1. The zero-order chi connectivity index (χ0) is 14.7. The molecule has 0 saturated carbocycles. The number of rotatable bonds is 3. The molecule has 0 saturated heterocycles. The molecule has 0 spiro atoms. The van der Waals surface area contributed by atoms with Crippen LogP contribution < -0.4 is 0 Å². The van der Waals surface area contributed by atoms with Crippen molar-refractivity contribution in [1.29, 1.82) is 0 Å². The molecule has 0 fully saturated rings. The maximum atomic E-state index is 10.7. The third-order valence-corrected chi connectivity index (χ3v) is 2.74. The molecule has 0 unspecified atom stereocenters. The average Bonchev–Trinajstić information content (AvgIpc) is 2.39. The number of non-ortho nitro benzene ring substituents is 1. The lowest BCUT2D eigenvalue weighted by atomic mass is 10.2. The molecule has 2 aromatic rings. The Bertz CT molecular complexity index is 701. The lowest BCUT2D eigenvalue weighted by Gasteiger charge is -2.00. The highest BCUT2D eigenvalue weighted by atomic mass is 35.5. The Morgan fingerprint density at radius 1 is 1.15 bits per heavy atom. The molecule has 0 radical (unpaired) electrons. The second-order valence-corrected chi connectivity index (χ2v) is 4.33. The molecule has 0 amide bonds. The standard InChI is InChI=1S/C13H9ClN2O4/c14-9-1-3-11(13(18)6-9)15-7-8-5-10(16(19)20)2-4-12(8)17/h1-7,17-18H. The molecule has 7 heteroatoms. The quantitative estimate of drug-likeness (QED) is 0.515. The number of halogens is 1. The van der Waals surface area contributed by atoms with Crippen molar-refractivity contribution < 1.29 is 15.1 Å². The fourth-order valence-corrected chi connectivity index (χ4v) is 1.67. The highest BCUT2D eigenvalue weighted by molar-refractivity contribution is 6.30. The van der Waals surface area contributed by atoms with Gasteiger partial charge >= 0.3 is 0 Å². The third kappa shape index (κ3) is 3.04. The first kappa shape index (κ1) is 13.8. The van der Waals surface area contributed by atoms with Gasteiger partial charge in [-0.15, -0.1) is 0 Å². The van der Waals surface area contributed by atoms with E-state index in [2.05, 4.69) is 4.99 Å². The van der Waals surface area contributed by atoms with Gasteiger partial charge in [-0.05, 0) is 18.2 Å². The van der Waals surface area contributed by atoms with Crippen LogP contribution in [0.4, 0.5) is 11.4 Å². The third-order valence-electron chi connectivity index (χ3n) is 2.50. The first-order valence-corrected chi connectivity index (χ1v) is 5.85. The van der Waals surface area contributed by atoms with Gasteiger partial charge in [-0.1, -0.05) is 11.6 Å². The molecule has 0 aliphatic rings. The summed E-state index contributed by atoms with van der Waals surface area (Å²) >= 11 is 5.69. The summed E-state index contributed by atoms with van der Waals surface area (Å²) in [5, 5.41) is 30.2. The minimum atomic E-state index is -0.573. The largest absolute Gasteiger partial charge is 0.507 e. The van der Waals surface area contributed by atoms with Gasteiger partial charge in [-0.2, -0.15) is 0 Å². The zero-order valence-electron chi connectivity index (χ0n) is 10.0. The average molecular weight is 293 g/mol. The minimum absolute atomic E-state index is 0.126. The van der Waals surface area contributed by atoms with E-state index in [0.29, 0.717) is 5.02 Å². The number of aromatic hydroxyl groups is 2. The molecular formula is C13H9ClN2O4. The van der Waals surface area contributed by atoms with Crippen molar-refractivity contribution in [3.05, 3.63) is 57.1 Å². The molecule has 20 heavy (non-hydrogen) atoms. The highest BCUT2D eigenvalue weighted by Crippen LogP contribution is 2.29. The summed E-state index contributed by atoms with van der Waals surface area (Å²) in [7, 11) is 0. The maximum absolute atomic E-state index is 10.7. The Morgan fingerprint density at radius 3 is 2.55 bits per heavy atom. The van der Waals surface area contributed by atoms with Gasteiger partial charge < -0.3 is 10.2 Å². The van der Waals surface area contributed by atoms with Crippen LogP contribution in [0.1, 0.15) is 5.56 Å². The summed E-state index contributed by atoms with van der Waals surface area (Å²) in [6.45, 7) is 0. The van der Waals surface area contributed by atoms with Crippen molar-refractivity contribution in [3.63, 3.8) is 0 Å². The Morgan fingerprint density at radius 2 is 1.90 bits per heavy atom. The zero-order valence-corrected chi connectivity index (χ0v) is 10.8. The molecule has 2 aromatic carbocycles. The summed E-state index contributed by atoms with van der Waals surface area (Å²) in [6.07, 6.45) is 1.23. The van der Waals surface area contributed by atoms with E-state index in [-0.39, 0.29) is 28.4 Å². The molecular weight excluding hydrogens is 284 g/mol. The molecule has 6 nitrogen and oxygen atoms in total. The van der Waals surface area contributed by atoms with Gasteiger partial charge in [0, 0.05) is 35.0 Å². The monoisotopic (exact) mass is 292 g/mol. The van der Waals surface area contributed by atoms with Crippen LogP contribution in [0.3, 0.4) is 0 Å². The Kier molecular flexibility index (Phi) is 3.86. The van der Waals surface area contributed by atoms with Crippen LogP contribution >= 0.6 is 11.6 Å². The van der Waals surface area contributed by atoms with E-state index >= 15 is 0 Å². The fraction of sp³-hybridized carbons (Fsp3) is 0. The number of nitro groups is 1. The lowest BCUT2D eigenvalue weighted by molar-refractivity contribution is -0.384. The van der Waals surface area contributed by atoms with Crippen molar-refractivity contribution in [3.8, 4) is 11.5 Å². The van der Waals surface area contributed by atoms with Crippen LogP contribution in [0.15, 0.2) is 41.4 Å². The van der Waals surface area contributed by atoms with E-state index < -0.39 is 4.92 Å². The number of benzene rings is 2. The summed E-state index contributed by atoms with van der Waals surface area (Å²) in [6, 6.07) is 7.94. The van der Waals surface area contributed by atoms with Crippen LogP contribution in [0.5, 0.6) is 11.5 Å². The minimum Gasteiger partial charge on any atom is -0.507 e. The van der Waals surface area contributed by atoms with E-state index in [0.717, 1.165) is 0 Å². The SMILES string of the molecule is O=[N+]([O-])c1ccc(O)c(C=Nc2ccc(Cl)cc2O)c1. The molecule has 0 aliphatic heterocycles. The van der Waals surface area contributed by atoms with Gasteiger partial charge in [0.25, 0.3) is 5.69 Å². The molecule has 0 heterocycles. The number of aliphatic imine (C=N–C) groups is 1. The predicted molar refractivity (Wildman–Crippen MR) is 75.1 cm³/mol. The van der Waals surface area contributed by atoms with Crippen molar-refractivity contribution >= 4 is 29.2 Å². The van der Waals surface area contributed by atoms with Gasteiger partial charge in [0.1, 0.15) is 17.2 Å². The maximum Gasteiger partial charge on any atom is 0.270 e. The second kappa shape index (κ2) is 5.58. The van der Waals surface area contributed by atoms with Crippen molar-refractivity contribution in [2.45, 2.75) is 0 Å². The van der Waals surface area contributed by atoms with Crippen molar-refractivity contribution in [2.75, 3.05) is 0 Å². The normalized spacial score (nSPS) is 10.8. The van der Waals surface area contributed by atoms with Crippen LogP contribution in [0.25, 0.3) is 0 Å². The van der Waals surface area contributed by atoms with Crippen LogP contribution in [0.2, 0.25) is 5.02 Å². The highest BCUT2D eigenvalue weighted by Gasteiger charge is 2.09. The number of nitrogens with zero attached hydrogens (tertiary/aromatic N) is 2. The van der Waals surface area contributed by atoms with Crippen molar-refractivity contribution in [2.24, 2.45) is 4.99 Å². The molecule has 0 atom stereocenters. The van der Waals surface area contributed by atoms with Crippen LogP contribution in [-0.4, -0.2) is 21.4 Å². The second-order valence-electron chi connectivity index (χ2n) is 3.89. The Balaban J connectivity index is 2.35. The molecule has 0 aliphatic carbocycles. The fourth-order valence-electron chi connectivity index (χ4n) is 1.50. The number of hydrogen-bond acceptors (Lipinski definition) is 5. The molecule has 2 rings (SSSR count). The van der Waals surface area contributed by atoms with Gasteiger partial charge in [-0.25, -0.2) is 0 Å². The smallest absolute Gasteiger partial charge is 0.270 e. The summed E-state index contributed by atoms with van der Waals surface area (Å²) in [4.78, 5) is 14.0. The topological polar surface area (TPSA) is 96.0 Å². The number of hydrogen-bond donors (Lipinski definition) is 2. The predicted octanol–water partition coefficient (Wildman–Crippen LogP) is 3.41. The molecule has 2 N–H and O–H groups in total. The van der Waals surface area contributed by atoms with E-state index in [1.54, 1.807) is 6.07 Å². The summed E-state index contributed by atoms with van der Waals surface area (Å²) in [5.74, 6) is -0.272. The van der Waals surface area contributed by atoms with Gasteiger partial charge in [0.15, 0.2) is 0 Å². The summed E-state index contributed by atoms with van der Waals surface area (Å²) in [5.41, 5.74) is 0.249. The first-order valence-electron chi connectivity index (χ1n) is 5.47. The van der Waals surface area contributed by atoms with E-state index in [9.17, 15) is 20.3 Å². The summed E-state index contributed by atoms with van der Waals surface area (Å²) < 4.78 is 0. The van der Waals surface area contributed by atoms with Gasteiger partial charge in [0.05, 0.1) is 4.92 Å². The molecule has 0 aromatic heterocycles. The molecule has 0 bridgehead atoms.